The Kier molecular flexibility index (Phi) is 6.35. The molecule has 110 valence electrons. The van der Waals surface area contributed by atoms with Gasteiger partial charge in [-0.1, -0.05) is 30.0 Å². The van der Waals surface area contributed by atoms with Crippen LogP contribution in [0.25, 0.3) is 4.98 Å². The van der Waals surface area contributed by atoms with E-state index in [0.717, 1.165) is 9.79 Å². The Morgan fingerprint density at radius 1 is 1.00 bits per heavy atom. The summed E-state index contributed by atoms with van der Waals surface area (Å²) in [5, 5.41) is 8.98. The first kappa shape index (κ1) is 17.2. The van der Waals surface area contributed by atoms with E-state index in [-0.39, 0.29) is 12.4 Å². The molecule has 2 rings (SSSR count). The lowest BCUT2D eigenvalue weighted by Crippen LogP contribution is -3.00. The van der Waals surface area contributed by atoms with Crippen molar-refractivity contribution in [1.29, 1.82) is 5.39 Å². The summed E-state index contributed by atoms with van der Waals surface area (Å²) < 4.78 is 10.6. The summed E-state index contributed by atoms with van der Waals surface area (Å²) in [7, 11) is 3.13. The first-order valence-corrected chi connectivity index (χ1v) is 6.86. The highest BCUT2D eigenvalue weighted by Crippen LogP contribution is 2.43. The van der Waals surface area contributed by atoms with Crippen LogP contribution < -0.4 is 21.9 Å². The van der Waals surface area contributed by atoms with Gasteiger partial charge in [0.05, 0.1) is 25.2 Å². The van der Waals surface area contributed by atoms with Gasteiger partial charge in [0.15, 0.2) is 4.98 Å². The van der Waals surface area contributed by atoms with Gasteiger partial charge in [-0.2, -0.15) is 0 Å². The average molecular weight is 323 g/mol. The van der Waals surface area contributed by atoms with E-state index in [9.17, 15) is 0 Å². The monoisotopic (exact) mass is 322 g/mol. The number of diazo groups is 1. The molecule has 0 unspecified atom stereocenters. The van der Waals surface area contributed by atoms with Crippen LogP contribution in [0.4, 0.5) is 5.69 Å². The molecule has 0 aromatic heterocycles. The summed E-state index contributed by atoms with van der Waals surface area (Å²) in [4.78, 5) is 5.25. The van der Waals surface area contributed by atoms with Crippen LogP contribution in [-0.4, -0.2) is 14.2 Å². The lowest BCUT2D eigenvalue weighted by molar-refractivity contribution is -0.00000493. The number of benzene rings is 2. The fourth-order valence-corrected chi connectivity index (χ4v) is 2.82. The standard InChI is InChI=1S/C15H15N2O2S.ClH/c1-10-6-4-5-7-14(10)20-15-9-12(18-2)11(17-16)8-13(15)19-3;/h4-9H,1-3H3;1H/q+1;/p-1. The third-order valence-electron chi connectivity index (χ3n) is 2.89. The molecule has 0 fully saturated rings. The van der Waals surface area contributed by atoms with Crippen molar-refractivity contribution < 1.29 is 21.9 Å². The van der Waals surface area contributed by atoms with Crippen LogP contribution in [0.2, 0.25) is 0 Å². The van der Waals surface area contributed by atoms with Crippen molar-refractivity contribution in [1.82, 2.24) is 0 Å². The first-order chi connectivity index (χ1) is 9.69. The summed E-state index contributed by atoms with van der Waals surface area (Å²) in [6, 6.07) is 11.6. The molecule has 0 bridgehead atoms. The van der Waals surface area contributed by atoms with Gasteiger partial charge in [0, 0.05) is 11.0 Å². The summed E-state index contributed by atoms with van der Waals surface area (Å²) in [5.41, 5.74) is 1.54. The van der Waals surface area contributed by atoms with Crippen LogP contribution in [0.3, 0.4) is 0 Å². The van der Waals surface area contributed by atoms with Crippen LogP contribution in [-0.2, 0) is 0 Å². The van der Waals surface area contributed by atoms with E-state index >= 15 is 0 Å². The van der Waals surface area contributed by atoms with E-state index in [2.05, 4.69) is 24.0 Å². The van der Waals surface area contributed by atoms with Crippen molar-refractivity contribution in [2.75, 3.05) is 14.2 Å². The van der Waals surface area contributed by atoms with Crippen molar-refractivity contribution >= 4 is 17.4 Å². The molecule has 0 amide bonds. The number of ether oxygens (including phenoxy) is 2. The molecule has 0 N–H and O–H groups in total. The van der Waals surface area contributed by atoms with E-state index in [4.69, 9.17) is 14.9 Å². The van der Waals surface area contributed by atoms with Gasteiger partial charge < -0.3 is 21.9 Å². The highest BCUT2D eigenvalue weighted by Gasteiger charge is 2.20. The predicted octanol–water partition coefficient (Wildman–Crippen LogP) is 1.65. The Bertz CT molecular complexity index is 671. The van der Waals surface area contributed by atoms with E-state index in [1.54, 1.807) is 32.0 Å². The quantitative estimate of drug-likeness (QED) is 0.803. The second kappa shape index (κ2) is 7.77. The molecule has 21 heavy (non-hydrogen) atoms. The number of hydrogen-bond donors (Lipinski definition) is 0. The summed E-state index contributed by atoms with van der Waals surface area (Å²) in [6.07, 6.45) is 0. The van der Waals surface area contributed by atoms with Crippen LogP contribution in [0.1, 0.15) is 5.56 Å². The molecule has 0 radical (unpaired) electrons. The number of halogens is 1. The molecular weight excluding hydrogens is 308 g/mol. The zero-order chi connectivity index (χ0) is 14.5. The summed E-state index contributed by atoms with van der Waals surface area (Å²) in [6.45, 7) is 2.06. The van der Waals surface area contributed by atoms with Gasteiger partial charge in [-0.05, 0) is 18.6 Å². The third-order valence-corrected chi connectivity index (χ3v) is 4.10. The Labute approximate surface area is 134 Å². The molecule has 6 heteroatoms. The number of aryl methyl sites for hydroxylation is 1. The summed E-state index contributed by atoms with van der Waals surface area (Å²) >= 11 is 1.59. The average Bonchev–Trinajstić information content (AvgIpc) is 2.49. The molecule has 2 aromatic carbocycles. The number of methoxy groups -OCH3 is 2. The molecular formula is C15H15ClN2O2S. The second-order valence-electron chi connectivity index (χ2n) is 4.14. The number of rotatable bonds is 4. The van der Waals surface area contributed by atoms with Crippen molar-refractivity contribution in [2.45, 2.75) is 16.7 Å². The number of nitrogens with zero attached hydrogens (tertiary/aromatic N) is 2. The van der Waals surface area contributed by atoms with E-state index < -0.39 is 0 Å². The number of hydrogen-bond acceptors (Lipinski definition) is 4. The van der Waals surface area contributed by atoms with E-state index in [1.165, 1.54) is 5.56 Å². The molecule has 0 aliphatic carbocycles. The highest BCUT2D eigenvalue weighted by molar-refractivity contribution is 7.99. The van der Waals surface area contributed by atoms with Crippen LogP contribution in [0.15, 0.2) is 46.2 Å². The van der Waals surface area contributed by atoms with Gasteiger partial charge in [-0.3, -0.25) is 0 Å². The highest BCUT2D eigenvalue weighted by atomic mass is 35.5. The minimum Gasteiger partial charge on any atom is -1.00 e. The van der Waals surface area contributed by atoms with Crippen molar-refractivity contribution in [3.63, 3.8) is 0 Å². The molecule has 2 aromatic rings. The van der Waals surface area contributed by atoms with Crippen molar-refractivity contribution in [2.24, 2.45) is 0 Å². The lowest BCUT2D eigenvalue weighted by Gasteiger charge is -2.10. The fraction of sp³-hybridized carbons (Fsp3) is 0.200. The largest absolute Gasteiger partial charge is 1.00 e. The van der Waals surface area contributed by atoms with E-state index in [1.807, 2.05) is 18.2 Å². The second-order valence-corrected chi connectivity index (χ2v) is 5.23. The molecule has 0 heterocycles. The molecule has 0 atom stereocenters. The molecule has 0 spiro atoms. The Balaban J connectivity index is 0.00000220. The SMILES string of the molecule is COc1cc(Sc2ccccc2C)c(OC)cc1[N+]#N.[Cl-]. The summed E-state index contributed by atoms with van der Waals surface area (Å²) in [5.74, 6) is 1.15. The van der Waals surface area contributed by atoms with Gasteiger partial charge in [-0.25, -0.2) is 0 Å². The topological polar surface area (TPSA) is 46.6 Å². The van der Waals surface area contributed by atoms with Crippen LogP contribution >= 0.6 is 11.8 Å². The molecule has 4 nitrogen and oxygen atoms in total. The normalized spacial score (nSPS) is 9.43. The van der Waals surface area contributed by atoms with Crippen LogP contribution in [0.5, 0.6) is 11.5 Å². The maximum absolute atomic E-state index is 8.98. The van der Waals surface area contributed by atoms with Gasteiger partial charge in [0.25, 0.3) is 0 Å². The minimum atomic E-state index is 0. The Morgan fingerprint density at radius 2 is 1.67 bits per heavy atom. The first-order valence-electron chi connectivity index (χ1n) is 6.04. The van der Waals surface area contributed by atoms with Crippen LogP contribution in [0, 0.1) is 12.3 Å². The Hall–Kier alpha value is -1.90. The van der Waals surface area contributed by atoms with Gasteiger partial charge in [-0.15, -0.1) is 0 Å². The molecule has 0 aliphatic rings. The smallest absolute Gasteiger partial charge is 0.430 e. The molecule has 0 saturated carbocycles. The molecule has 0 aliphatic heterocycles. The fourth-order valence-electron chi connectivity index (χ4n) is 1.80. The lowest BCUT2D eigenvalue weighted by atomic mass is 10.2. The minimum absolute atomic E-state index is 0. The van der Waals surface area contributed by atoms with Crippen molar-refractivity contribution in [3.05, 3.63) is 46.9 Å². The van der Waals surface area contributed by atoms with Gasteiger partial charge in [0.1, 0.15) is 5.75 Å². The van der Waals surface area contributed by atoms with Gasteiger partial charge in [0.2, 0.25) is 11.1 Å². The Morgan fingerprint density at radius 3 is 2.24 bits per heavy atom. The van der Waals surface area contributed by atoms with Crippen molar-refractivity contribution in [3.8, 4) is 11.5 Å². The van der Waals surface area contributed by atoms with Gasteiger partial charge >= 0.3 is 5.69 Å². The maximum atomic E-state index is 8.98. The predicted molar refractivity (Wildman–Crippen MR) is 79.6 cm³/mol. The maximum Gasteiger partial charge on any atom is 0.430 e. The van der Waals surface area contributed by atoms with E-state index in [0.29, 0.717) is 17.2 Å². The molecule has 0 saturated heterocycles. The zero-order valence-electron chi connectivity index (χ0n) is 12.0. The zero-order valence-corrected chi connectivity index (χ0v) is 13.5. The third kappa shape index (κ3) is 3.81.